The fraction of sp³-hybridized carbons (Fsp3) is 0.269. The van der Waals surface area contributed by atoms with Gasteiger partial charge in [0.2, 0.25) is 0 Å². The molecule has 1 saturated heterocycles. The Hall–Kier alpha value is -3.36. The van der Waals surface area contributed by atoms with Gasteiger partial charge in [-0.1, -0.05) is 0 Å². The number of carbonyl (C=O) groups is 1. The second kappa shape index (κ2) is 9.48. The van der Waals surface area contributed by atoms with E-state index in [0.29, 0.717) is 29.9 Å². The molecule has 1 aliphatic heterocycles. The zero-order chi connectivity index (χ0) is 23.7. The van der Waals surface area contributed by atoms with Gasteiger partial charge in [0.25, 0.3) is 5.91 Å². The Labute approximate surface area is 201 Å². The number of rotatable bonds is 5. The summed E-state index contributed by atoms with van der Waals surface area (Å²) in [5.41, 5.74) is 3.89. The largest absolute Gasteiger partial charge is 0.497 e. The lowest BCUT2D eigenvalue weighted by Crippen LogP contribution is -2.48. The van der Waals surface area contributed by atoms with Crippen molar-refractivity contribution in [3.05, 3.63) is 76.7 Å². The van der Waals surface area contributed by atoms with Crippen LogP contribution in [0.4, 0.5) is 4.39 Å². The van der Waals surface area contributed by atoms with Crippen LogP contribution in [0.3, 0.4) is 0 Å². The fourth-order valence-corrected chi connectivity index (χ4v) is 5.02. The molecule has 8 heteroatoms. The summed E-state index contributed by atoms with van der Waals surface area (Å²) < 4.78 is 18.7. The van der Waals surface area contributed by atoms with E-state index in [1.54, 1.807) is 31.4 Å². The third-order valence-electron chi connectivity index (χ3n) is 6.13. The Kier molecular flexibility index (Phi) is 6.26. The molecule has 0 aliphatic carbocycles. The molecule has 174 valence electrons. The molecule has 1 amide bonds. The van der Waals surface area contributed by atoms with Gasteiger partial charge in [-0.25, -0.2) is 9.37 Å². The van der Waals surface area contributed by atoms with Crippen LogP contribution in [0, 0.1) is 12.7 Å². The summed E-state index contributed by atoms with van der Waals surface area (Å²) >= 11 is 1.64. The van der Waals surface area contributed by atoms with E-state index in [1.807, 2.05) is 35.2 Å². The van der Waals surface area contributed by atoms with Gasteiger partial charge in [-0.05, 0) is 49.4 Å². The summed E-state index contributed by atoms with van der Waals surface area (Å²) in [5.74, 6) is 0.480. The molecular weight excluding hydrogens is 451 g/mol. The quantitative estimate of drug-likeness (QED) is 0.415. The van der Waals surface area contributed by atoms with Crippen LogP contribution < -0.4 is 4.74 Å². The van der Waals surface area contributed by atoms with E-state index < -0.39 is 0 Å². The van der Waals surface area contributed by atoms with Gasteiger partial charge in [-0.3, -0.25) is 14.7 Å². The van der Waals surface area contributed by atoms with Crippen molar-refractivity contribution in [3.8, 4) is 16.3 Å². The lowest BCUT2D eigenvalue weighted by Gasteiger charge is -2.34. The number of halogens is 1. The predicted octanol–water partition coefficient (Wildman–Crippen LogP) is 4.77. The number of aryl methyl sites for hydroxylation is 1. The number of amides is 1. The molecule has 0 radical (unpaired) electrons. The van der Waals surface area contributed by atoms with Crippen molar-refractivity contribution in [2.24, 2.45) is 0 Å². The van der Waals surface area contributed by atoms with Crippen LogP contribution in [0.15, 0.2) is 53.9 Å². The second-order valence-electron chi connectivity index (χ2n) is 8.40. The molecular formula is C26H25FN4O2S. The zero-order valence-corrected chi connectivity index (χ0v) is 19.9. The molecule has 0 bridgehead atoms. The minimum Gasteiger partial charge on any atom is -0.497 e. The number of benzene rings is 2. The number of hydrogen-bond donors (Lipinski definition) is 0. The highest BCUT2D eigenvalue weighted by molar-refractivity contribution is 7.13. The van der Waals surface area contributed by atoms with Crippen molar-refractivity contribution in [1.82, 2.24) is 19.8 Å². The highest BCUT2D eigenvalue weighted by Gasteiger charge is 2.24. The maximum atomic E-state index is 13.5. The minimum absolute atomic E-state index is 0.0219. The summed E-state index contributed by atoms with van der Waals surface area (Å²) in [6, 6.07) is 14.2. The highest BCUT2D eigenvalue weighted by Crippen LogP contribution is 2.26. The van der Waals surface area contributed by atoms with Crippen LogP contribution in [0.2, 0.25) is 0 Å². The number of piperazine rings is 1. The number of thiazole rings is 1. The van der Waals surface area contributed by atoms with Crippen molar-refractivity contribution in [3.63, 3.8) is 0 Å². The molecule has 0 unspecified atom stereocenters. The van der Waals surface area contributed by atoms with E-state index in [4.69, 9.17) is 9.72 Å². The number of pyridine rings is 1. The summed E-state index contributed by atoms with van der Waals surface area (Å²) in [6.07, 6.45) is 0. The maximum Gasteiger partial charge on any atom is 0.255 e. The van der Waals surface area contributed by atoms with Gasteiger partial charge < -0.3 is 9.64 Å². The van der Waals surface area contributed by atoms with Gasteiger partial charge in [0.15, 0.2) is 0 Å². The van der Waals surface area contributed by atoms with E-state index in [1.165, 1.54) is 12.1 Å². The van der Waals surface area contributed by atoms with Gasteiger partial charge in [0.1, 0.15) is 16.6 Å². The third-order valence-corrected chi connectivity index (χ3v) is 7.07. The summed E-state index contributed by atoms with van der Waals surface area (Å²) in [6.45, 7) is 5.43. The first-order valence-corrected chi connectivity index (χ1v) is 12.1. The van der Waals surface area contributed by atoms with Crippen molar-refractivity contribution >= 4 is 28.1 Å². The van der Waals surface area contributed by atoms with E-state index >= 15 is 0 Å². The Morgan fingerprint density at radius 3 is 2.56 bits per heavy atom. The minimum atomic E-state index is -0.328. The Balaban J connectivity index is 1.21. The van der Waals surface area contributed by atoms with E-state index in [2.05, 4.69) is 15.3 Å². The number of carbonyl (C=O) groups excluding carboxylic acids is 1. The standard InChI is InChI=1S/C26H25FN4O2S/c1-17-23(13-19-3-6-20(27)14-24(19)28-17)26(32)31-11-9-30(10-12-31)15-21-16-34-25(29-21)18-4-7-22(33-2)8-5-18/h3-8,13-14,16H,9-12,15H2,1-2H3. The lowest BCUT2D eigenvalue weighted by molar-refractivity contribution is 0.0626. The Morgan fingerprint density at radius 1 is 1.06 bits per heavy atom. The van der Waals surface area contributed by atoms with Crippen LogP contribution >= 0.6 is 11.3 Å². The van der Waals surface area contributed by atoms with Crippen LogP contribution in [-0.4, -0.2) is 59.0 Å². The monoisotopic (exact) mass is 476 g/mol. The molecule has 34 heavy (non-hydrogen) atoms. The lowest BCUT2D eigenvalue weighted by atomic mass is 10.1. The van der Waals surface area contributed by atoms with E-state index in [-0.39, 0.29) is 11.7 Å². The van der Waals surface area contributed by atoms with Crippen LogP contribution in [0.5, 0.6) is 5.75 Å². The van der Waals surface area contributed by atoms with Crippen molar-refractivity contribution in [2.75, 3.05) is 33.3 Å². The van der Waals surface area contributed by atoms with E-state index in [0.717, 1.165) is 47.0 Å². The zero-order valence-electron chi connectivity index (χ0n) is 19.1. The molecule has 2 aromatic heterocycles. The van der Waals surface area contributed by atoms with Crippen molar-refractivity contribution in [1.29, 1.82) is 0 Å². The van der Waals surface area contributed by atoms with Gasteiger partial charge in [0.05, 0.1) is 29.6 Å². The maximum absolute atomic E-state index is 13.5. The van der Waals surface area contributed by atoms with Gasteiger partial charge >= 0.3 is 0 Å². The van der Waals surface area contributed by atoms with Crippen LogP contribution in [0.1, 0.15) is 21.7 Å². The fourth-order valence-electron chi connectivity index (χ4n) is 4.21. The normalized spacial score (nSPS) is 14.5. The molecule has 6 nitrogen and oxygen atoms in total. The van der Waals surface area contributed by atoms with Crippen LogP contribution in [-0.2, 0) is 6.54 Å². The summed E-state index contributed by atoms with van der Waals surface area (Å²) in [7, 11) is 1.66. The predicted molar refractivity (Wildman–Crippen MR) is 132 cm³/mol. The average Bonchev–Trinajstić information content (AvgIpc) is 3.32. The summed E-state index contributed by atoms with van der Waals surface area (Å²) in [4.78, 5) is 26.6. The number of aromatic nitrogens is 2. The first kappa shape index (κ1) is 22.4. The smallest absolute Gasteiger partial charge is 0.255 e. The average molecular weight is 477 g/mol. The van der Waals surface area contributed by atoms with Gasteiger partial charge in [-0.2, -0.15) is 0 Å². The molecule has 1 aliphatic rings. The molecule has 0 N–H and O–H groups in total. The summed E-state index contributed by atoms with van der Waals surface area (Å²) in [5, 5.41) is 3.86. The molecule has 3 heterocycles. The first-order valence-electron chi connectivity index (χ1n) is 11.2. The van der Waals surface area contributed by atoms with Gasteiger partial charge in [-0.15, -0.1) is 11.3 Å². The molecule has 2 aromatic carbocycles. The van der Waals surface area contributed by atoms with Gasteiger partial charge in [0, 0.05) is 55.1 Å². The molecule has 4 aromatic rings. The Morgan fingerprint density at radius 2 is 1.82 bits per heavy atom. The first-order chi connectivity index (χ1) is 16.5. The number of ether oxygens (including phenoxy) is 1. The van der Waals surface area contributed by atoms with E-state index in [9.17, 15) is 9.18 Å². The molecule has 5 rings (SSSR count). The molecule has 0 atom stereocenters. The number of methoxy groups -OCH3 is 1. The SMILES string of the molecule is COc1ccc(-c2nc(CN3CCN(C(=O)c4cc5ccc(F)cc5nc4C)CC3)cs2)cc1. The van der Waals surface area contributed by atoms with Crippen LogP contribution in [0.25, 0.3) is 21.5 Å². The topological polar surface area (TPSA) is 58.6 Å². The number of hydrogen-bond acceptors (Lipinski definition) is 6. The van der Waals surface area contributed by atoms with Crippen molar-refractivity contribution in [2.45, 2.75) is 13.5 Å². The highest BCUT2D eigenvalue weighted by atomic mass is 32.1. The number of nitrogens with zero attached hydrogens (tertiary/aromatic N) is 4. The van der Waals surface area contributed by atoms with Crippen molar-refractivity contribution < 1.29 is 13.9 Å². The second-order valence-corrected chi connectivity index (χ2v) is 9.26. The molecule has 1 fully saturated rings. The molecule has 0 saturated carbocycles. The molecule has 0 spiro atoms. The Bertz CT molecular complexity index is 1330. The third kappa shape index (κ3) is 4.64. The number of fused-ring (bicyclic) bond motifs is 1.